The van der Waals surface area contributed by atoms with Gasteiger partial charge in [0, 0.05) is 54.7 Å². The van der Waals surface area contributed by atoms with Gasteiger partial charge in [-0.2, -0.15) is 0 Å². The van der Waals surface area contributed by atoms with Crippen LogP contribution in [0, 0.1) is 0 Å². The van der Waals surface area contributed by atoms with Crippen molar-refractivity contribution >= 4 is 34.2 Å². The van der Waals surface area contributed by atoms with Gasteiger partial charge >= 0.3 is 0 Å². The van der Waals surface area contributed by atoms with Gasteiger partial charge in [0.15, 0.2) is 5.88 Å². The molecule has 6 nitrogen and oxygen atoms in total. The van der Waals surface area contributed by atoms with E-state index in [2.05, 4.69) is 51.1 Å². The second-order valence-corrected chi connectivity index (χ2v) is 8.75. The predicted molar refractivity (Wildman–Crippen MR) is 137 cm³/mol. The van der Waals surface area contributed by atoms with E-state index in [0.29, 0.717) is 5.56 Å². The van der Waals surface area contributed by atoms with Crippen LogP contribution in [0.2, 0.25) is 0 Å². The van der Waals surface area contributed by atoms with Gasteiger partial charge in [-0.1, -0.05) is 18.2 Å². The van der Waals surface area contributed by atoms with E-state index < -0.39 is 0 Å². The summed E-state index contributed by atoms with van der Waals surface area (Å²) in [6.07, 6.45) is 2.54. The maximum absolute atomic E-state index is 10.5. The first-order valence-electron chi connectivity index (χ1n) is 11.3. The minimum absolute atomic E-state index is 0.132. The number of nitrogen functional groups attached to an aromatic ring is 1. The highest BCUT2D eigenvalue weighted by Crippen LogP contribution is 2.28. The Morgan fingerprint density at radius 3 is 2.36 bits per heavy atom. The summed E-state index contributed by atoms with van der Waals surface area (Å²) in [4.78, 5) is 12.4. The lowest BCUT2D eigenvalue weighted by molar-refractivity contribution is 0.313. The van der Waals surface area contributed by atoms with Crippen LogP contribution in [-0.2, 0) is 6.42 Å². The molecule has 5 rings (SSSR count). The molecular formula is C27H29N5O. The number of benzene rings is 3. The Labute approximate surface area is 194 Å². The first-order valence-corrected chi connectivity index (χ1v) is 11.3. The zero-order valence-electron chi connectivity index (χ0n) is 18.8. The number of nitrogens with two attached hydrogens (primary N) is 1. The van der Waals surface area contributed by atoms with E-state index in [0.717, 1.165) is 60.4 Å². The molecule has 1 fully saturated rings. The van der Waals surface area contributed by atoms with Crippen molar-refractivity contribution in [3.05, 3.63) is 83.4 Å². The topological polar surface area (TPSA) is 80.9 Å². The Kier molecular flexibility index (Phi) is 5.75. The molecule has 168 valence electrons. The number of aliphatic imine (C=N–C) groups is 1. The first kappa shape index (κ1) is 21.1. The maximum atomic E-state index is 10.5. The largest absolute Gasteiger partial charge is 0.494 e. The first-order chi connectivity index (χ1) is 16.0. The molecule has 1 saturated heterocycles. The van der Waals surface area contributed by atoms with Gasteiger partial charge in [-0.05, 0) is 73.1 Å². The van der Waals surface area contributed by atoms with E-state index in [4.69, 9.17) is 5.73 Å². The van der Waals surface area contributed by atoms with Crippen molar-refractivity contribution in [2.24, 2.45) is 4.99 Å². The number of aromatic nitrogens is 1. The van der Waals surface area contributed by atoms with Crippen LogP contribution in [0.15, 0.2) is 71.7 Å². The van der Waals surface area contributed by atoms with Crippen LogP contribution in [0.1, 0.15) is 16.7 Å². The van der Waals surface area contributed by atoms with Gasteiger partial charge in [-0.25, -0.2) is 0 Å². The summed E-state index contributed by atoms with van der Waals surface area (Å²) in [5.74, 6) is 0.132. The standard InChI is InChI=1S/C27H29N5O/c1-31-12-14-32(15-13-31)23-9-7-22(8-10-23)29-18-25-24-17-20(4-11-26(24)30-27(25)33)16-19-2-5-21(28)6-3-19/h2-11,17-18,30,33H,12-16,28H2,1H3. The molecule has 3 aromatic carbocycles. The number of anilines is 2. The summed E-state index contributed by atoms with van der Waals surface area (Å²) >= 11 is 0. The molecule has 4 N–H and O–H groups in total. The molecular weight excluding hydrogens is 410 g/mol. The third-order valence-corrected chi connectivity index (χ3v) is 6.33. The Bertz CT molecular complexity index is 1270. The number of hydrogen-bond donors (Lipinski definition) is 3. The number of hydrogen-bond acceptors (Lipinski definition) is 5. The fourth-order valence-electron chi connectivity index (χ4n) is 4.31. The van der Waals surface area contributed by atoms with Gasteiger partial charge in [0.05, 0.1) is 11.3 Å². The monoisotopic (exact) mass is 439 g/mol. The van der Waals surface area contributed by atoms with Crippen LogP contribution in [0.4, 0.5) is 17.1 Å². The Morgan fingerprint density at radius 2 is 1.64 bits per heavy atom. The molecule has 0 bridgehead atoms. The molecule has 0 saturated carbocycles. The minimum Gasteiger partial charge on any atom is -0.494 e. The highest BCUT2D eigenvalue weighted by atomic mass is 16.3. The average Bonchev–Trinajstić information content (AvgIpc) is 3.14. The van der Waals surface area contributed by atoms with Crippen LogP contribution in [-0.4, -0.2) is 54.4 Å². The van der Waals surface area contributed by atoms with Crippen LogP contribution < -0.4 is 10.6 Å². The molecule has 2 heterocycles. The molecule has 0 amide bonds. The van der Waals surface area contributed by atoms with Gasteiger partial charge in [0.25, 0.3) is 0 Å². The Balaban J connectivity index is 1.35. The van der Waals surface area contributed by atoms with E-state index in [-0.39, 0.29) is 5.88 Å². The van der Waals surface area contributed by atoms with Gasteiger partial charge < -0.3 is 25.6 Å². The Hall–Kier alpha value is -3.77. The number of piperazine rings is 1. The molecule has 4 aromatic rings. The second-order valence-electron chi connectivity index (χ2n) is 8.75. The SMILES string of the molecule is CN1CCN(c2ccc(N=Cc3c(O)[nH]c4ccc(Cc5ccc(N)cc5)cc34)cc2)CC1. The minimum atomic E-state index is 0.132. The second kappa shape index (κ2) is 9.00. The number of nitrogens with one attached hydrogen (secondary N) is 1. The summed E-state index contributed by atoms with van der Waals surface area (Å²) in [5, 5.41) is 11.4. The van der Waals surface area contributed by atoms with E-state index in [1.54, 1.807) is 6.21 Å². The number of likely N-dealkylation sites (N-methyl/N-ethyl adjacent to an activating group) is 1. The van der Waals surface area contributed by atoms with Crippen molar-refractivity contribution in [2.75, 3.05) is 43.9 Å². The summed E-state index contributed by atoms with van der Waals surface area (Å²) < 4.78 is 0. The number of nitrogens with zero attached hydrogens (tertiary/aromatic N) is 3. The van der Waals surface area contributed by atoms with Gasteiger partial charge in [0.1, 0.15) is 0 Å². The summed E-state index contributed by atoms with van der Waals surface area (Å²) in [7, 11) is 2.16. The zero-order valence-corrected chi connectivity index (χ0v) is 18.8. The molecule has 0 unspecified atom stereocenters. The molecule has 33 heavy (non-hydrogen) atoms. The molecule has 0 atom stereocenters. The number of H-pyrrole nitrogens is 1. The number of aromatic amines is 1. The predicted octanol–water partition coefficient (Wildman–Crippen LogP) is 4.55. The van der Waals surface area contributed by atoms with Gasteiger partial charge in [0.2, 0.25) is 0 Å². The lowest BCUT2D eigenvalue weighted by Gasteiger charge is -2.34. The summed E-state index contributed by atoms with van der Waals surface area (Å²) in [5.41, 5.74) is 12.6. The van der Waals surface area contributed by atoms with E-state index in [1.807, 2.05) is 42.5 Å². The lowest BCUT2D eigenvalue weighted by Crippen LogP contribution is -2.44. The molecule has 0 spiro atoms. The molecule has 1 aliphatic heterocycles. The number of fused-ring (bicyclic) bond motifs is 1. The van der Waals surface area contributed by atoms with Crippen molar-refractivity contribution in [3.8, 4) is 5.88 Å². The van der Waals surface area contributed by atoms with Crippen LogP contribution in [0.3, 0.4) is 0 Å². The van der Waals surface area contributed by atoms with Gasteiger partial charge in [-0.15, -0.1) is 0 Å². The molecule has 1 aromatic heterocycles. The summed E-state index contributed by atoms with van der Waals surface area (Å²) in [6, 6.07) is 22.4. The molecule has 6 heteroatoms. The third-order valence-electron chi connectivity index (χ3n) is 6.33. The fraction of sp³-hybridized carbons (Fsp3) is 0.222. The summed E-state index contributed by atoms with van der Waals surface area (Å²) in [6.45, 7) is 4.25. The van der Waals surface area contributed by atoms with Crippen LogP contribution in [0.25, 0.3) is 10.9 Å². The zero-order chi connectivity index (χ0) is 22.8. The van der Waals surface area contributed by atoms with Crippen molar-refractivity contribution in [1.82, 2.24) is 9.88 Å². The molecule has 0 aliphatic carbocycles. The van der Waals surface area contributed by atoms with Crippen molar-refractivity contribution in [3.63, 3.8) is 0 Å². The fourth-order valence-corrected chi connectivity index (χ4v) is 4.31. The number of rotatable bonds is 5. The molecule has 0 radical (unpaired) electrons. The van der Waals surface area contributed by atoms with Crippen molar-refractivity contribution < 1.29 is 5.11 Å². The average molecular weight is 440 g/mol. The van der Waals surface area contributed by atoms with E-state index in [9.17, 15) is 5.11 Å². The van der Waals surface area contributed by atoms with Gasteiger partial charge in [-0.3, -0.25) is 4.99 Å². The smallest absolute Gasteiger partial charge is 0.198 e. The van der Waals surface area contributed by atoms with E-state index in [1.165, 1.54) is 11.3 Å². The van der Waals surface area contributed by atoms with Crippen LogP contribution >= 0.6 is 0 Å². The van der Waals surface area contributed by atoms with Crippen molar-refractivity contribution in [1.29, 1.82) is 0 Å². The quantitative estimate of drug-likeness (QED) is 0.315. The van der Waals surface area contributed by atoms with Crippen LogP contribution in [0.5, 0.6) is 5.88 Å². The molecule has 1 aliphatic rings. The Morgan fingerprint density at radius 1 is 0.939 bits per heavy atom. The highest BCUT2D eigenvalue weighted by Gasteiger charge is 2.14. The highest BCUT2D eigenvalue weighted by molar-refractivity contribution is 6.02. The normalized spacial score (nSPS) is 15.0. The number of aromatic hydroxyl groups is 1. The lowest BCUT2D eigenvalue weighted by atomic mass is 10.0. The van der Waals surface area contributed by atoms with E-state index >= 15 is 0 Å². The maximum Gasteiger partial charge on any atom is 0.198 e. The van der Waals surface area contributed by atoms with Crippen molar-refractivity contribution in [2.45, 2.75) is 6.42 Å². The third kappa shape index (κ3) is 4.71.